The second kappa shape index (κ2) is 4.09. The Morgan fingerprint density at radius 3 is 2.43 bits per heavy atom. The summed E-state index contributed by atoms with van der Waals surface area (Å²) in [6.45, 7) is 2.68. The molecule has 0 saturated heterocycles. The minimum atomic E-state index is 0.158. The molecule has 0 aromatic carbocycles. The van der Waals surface area contributed by atoms with E-state index in [0.29, 0.717) is 18.4 Å². The van der Waals surface area contributed by atoms with E-state index < -0.39 is 0 Å². The molecule has 14 heavy (non-hydrogen) atoms. The van der Waals surface area contributed by atoms with Gasteiger partial charge in [0.1, 0.15) is 0 Å². The third-order valence-electron chi connectivity index (χ3n) is 3.35. The van der Waals surface area contributed by atoms with E-state index in [2.05, 4.69) is 5.32 Å². The lowest BCUT2D eigenvalue weighted by molar-refractivity contribution is -0.125. The Morgan fingerprint density at radius 2 is 1.93 bits per heavy atom. The van der Waals surface area contributed by atoms with Gasteiger partial charge in [0.2, 0.25) is 5.91 Å². The highest BCUT2D eigenvalue weighted by atomic mass is 35.5. The number of hydrogen-bond acceptors (Lipinski definition) is 1. The highest BCUT2D eigenvalue weighted by Gasteiger charge is 2.34. The van der Waals surface area contributed by atoms with Crippen LogP contribution in [0, 0.1) is 17.8 Å². The van der Waals surface area contributed by atoms with Crippen LogP contribution in [0.25, 0.3) is 0 Å². The van der Waals surface area contributed by atoms with Crippen LogP contribution in [0.15, 0.2) is 0 Å². The van der Waals surface area contributed by atoms with Crippen LogP contribution in [0.3, 0.4) is 0 Å². The van der Waals surface area contributed by atoms with Gasteiger partial charge in [-0.25, -0.2) is 0 Å². The van der Waals surface area contributed by atoms with Crippen molar-refractivity contribution in [3.05, 3.63) is 0 Å². The summed E-state index contributed by atoms with van der Waals surface area (Å²) in [5.74, 6) is 1.69. The molecule has 2 atom stereocenters. The van der Waals surface area contributed by atoms with Gasteiger partial charge in [-0.05, 0) is 37.5 Å². The molecule has 0 aromatic rings. The molecule has 2 rings (SSSR count). The summed E-state index contributed by atoms with van der Waals surface area (Å²) in [6, 6.07) is 0. The van der Waals surface area contributed by atoms with Gasteiger partial charge in [-0.1, -0.05) is 6.92 Å². The lowest BCUT2D eigenvalue weighted by atomic mass is 10.1. The summed E-state index contributed by atoms with van der Waals surface area (Å²) in [6.07, 6.45) is 4.92. The van der Waals surface area contributed by atoms with Crippen molar-refractivity contribution in [1.82, 2.24) is 5.32 Å². The average Bonchev–Trinajstić information content (AvgIpc) is 3.05. The predicted molar refractivity (Wildman–Crippen MR) is 57.3 cm³/mol. The minimum Gasteiger partial charge on any atom is -0.354 e. The topological polar surface area (TPSA) is 29.1 Å². The van der Waals surface area contributed by atoms with Crippen LogP contribution in [0.4, 0.5) is 0 Å². The molecular formula is C11H18ClNO. The lowest BCUT2D eigenvalue weighted by Crippen LogP contribution is -2.35. The van der Waals surface area contributed by atoms with Crippen molar-refractivity contribution in [2.75, 3.05) is 6.54 Å². The van der Waals surface area contributed by atoms with E-state index in [9.17, 15) is 4.79 Å². The molecule has 2 aliphatic carbocycles. The van der Waals surface area contributed by atoms with Crippen LogP contribution in [0.1, 0.15) is 32.6 Å². The fourth-order valence-corrected chi connectivity index (χ4v) is 2.12. The van der Waals surface area contributed by atoms with Crippen LogP contribution >= 0.6 is 11.6 Å². The van der Waals surface area contributed by atoms with E-state index in [1.807, 2.05) is 6.92 Å². The first kappa shape index (κ1) is 10.3. The molecule has 0 bridgehead atoms. The highest BCUT2D eigenvalue weighted by molar-refractivity contribution is 6.21. The van der Waals surface area contributed by atoms with Crippen LogP contribution < -0.4 is 5.32 Å². The summed E-state index contributed by atoms with van der Waals surface area (Å²) >= 11 is 6.11. The molecule has 1 amide bonds. The Kier molecular flexibility index (Phi) is 3.01. The first-order valence-electron chi connectivity index (χ1n) is 5.60. The van der Waals surface area contributed by atoms with Gasteiger partial charge in [0, 0.05) is 12.5 Å². The molecular weight excluding hydrogens is 198 g/mol. The standard InChI is InChI=1S/C11H18ClNO/c1-7(8-2-3-8)11(14)13-6-10(12)9-4-5-9/h7-10H,2-6H2,1H3,(H,13,14). The monoisotopic (exact) mass is 215 g/mol. The molecule has 2 fully saturated rings. The van der Waals surface area contributed by atoms with Gasteiger partial charge in [0.15, 0.2) is 0 Å². The number of halogens is 1. The van der Waals surface area contributed by atoms with E-state index in [1.165, 1.54) is 25.7 Å². The second-order valence-corrected chi connectivity index (χ2v) is 5.29. The molecule has 0 spiro atoms. The van der Waals surface area contributed by atoms with Gasteiger partial charge >= 0.3 is 0 Å². The highest BCUT2D eigenvalue weighted by Crippen LogP contribution is 2.37. The van der Waals surface area contributed by atoms with E-state index in [1.54, 1.807) is 0 Å². The molecule has 2 unspecified atom stereocenters. The number of amides is 1. The first-order chi connectivity index (χ1) is 6.68. The van der Waals surface area contributed by atoms with Crippen molar-refractivity contribution in [3.8, 4) is 0 Å². The van der Waals surface area contributed by atoms with Gasteiger partial charge in [-0.15, -0.1) is 11.6 Å². The molecule has 2 nitrogen and oxygen atoms in total. The van der Waals surface area contributed by atoms with Crippen LogP contribution in [-0.2, 0) is 4.79 Å². The molecule has 0 radical (unpaired) electrons. The van der Waals surface area contributed by atoms with E-state index >= 15 is 0 Å². The van der Waals surface area contributed by atoms with Gasteiger partial charge in [-0.2, -0.15) is 0 Å². The van der Waals surface area contributed by atoms with Crippen molar-refractivity contribution in [2.45, 2.75) is 38.0 Å². The van der Waals surface area contributed by atoms with Gasteiger partial charge in [0.05, 0.1) is 5.38 Å². The summed E-state index contributed by atoms with van der Waals surface area (Å²) in [4.78, 5) is 11.6. The zero-order valence-electron chi connectivity index (χ0n) is 8.63. The number of hydrogen-bond donors (Lipinski definition) is 1. The minimum absolute atomic E-state index is 0.158. The number of nitrogens with one attached hydrogen (secondary N) is 1. The number of carbonyl (C=O) groups is 1. The van der Waals surface area contributed by atoms with Gasteiger partial charge in [-0.3, -0.25) is 4.79 Å². The Hall–Kier alpha value is -0.240. The van der Waals surface area contributed by atoms with Crippen molar-refractivity contribution in [3.63, 3.8) is 0 Å². The van der Waals surface area contributed by atoms with E-state index in [4.69, 9.17) is 11.6 Å². The lowest BCUT2D eigenvalue weighted by Gasteiger charge is -2.13. The summed E-state index contributed by atoms with van der Waals surface area (Å²) in [7, 11) is 0. The predicted octanol–water partition coefficient (Wildman–Crippen LogP) is 2.17. The van der Waals surface area contributed by atoms with Crippen molar-refractivity contribution < 1.29 is 4.79 Å². The Balaban J connectivity index is 1.65. The van der Waals surface area contributed by atoms with Crippen molar-refractivity contribution in [2.24, 2.45) is 17.8 Å². The smallest absolute Gasteiger partial charge is 0.223 e. The Bertz CT molecular complexity index is 223. The van der Waals surface area contributed by atoms with E-state index in [0.717, 1.165) is 0 Å². The zero-order chi connectivity index (χ0) is 10.1. The van der Waals surface area contributed by atoms with Crippen molar-refractivity contribution >= 4 is 17.5 Å². The zero-order valence-corrected chi connectivity index (χ0v) is 9.39. The second-order valence-electron chi connectivity index (χ2n) is 4.72. The molecule has 0 aromatic heterocycles. The quantitative estimate of drug-likeness (QED) is 0.700. The van der Waals surface area contributed by atoms with Gasteiger partial charge in [0.25, 0.3) is 0 Å². The third kappa shape index (κ3) is 2.63. The average molecular weight is 216 g/mol. The number of rotatable bonds is 5. The van der Waals surface area contributed by atoms with Crippen LogP contribution in [-0.4, -0.2) is 17.8 Å². The largest absolute Gasteiger partial charge is 0.354 e. The molecule has 2 aliphatic rings. The maximum absolute atomic E-state index is 11.6. The Labute approximate surface area is 90.4 Å². The SMILES string of the molecule is CC(C(=O)NCC(Cl)C1CC1)C1CC1. The van der Waals surface area contributed by atoms with E-state index in [-0.39, 0.29) is 17.2 Å². The first-order valence-corrected chi connectivity index (χ1v) is 6.04. The third-order valence-corrected chi connectivity index (χ3v) is 3.86. The van der Waals surface area contributed by atoms with Crippen LogP contribution in [0.2, 0.25) is 0 Å². The fraction of sp³-hybridized carbons (Fsp3) is 0.909. The summed E-state index contributed by atoms with van der Waals surface area (Å²) in [5, 5.41) is 3.11. The molecule has 3 heteroatoms. The molecule has 80 valence electrons. The molecule has 0 aliphatic heterocycles. The van der Waals surface area contributed by atoms with Crippen molar-refractivity contribution in [1.29, 1.82) is 0 Å². The number of alkyl halides is 1. The maximum atomic E-state index is 11.6. The van der Waals surface area contributed by atoms with Gasteiger partial charge < -0.3 is 5.32 Å². The normalized spacial score (nSPS) is 25.6. The number of carbonyl (C=O) groups excluding carboxylic acids is 1. The molecule has 2 saturated carbocycles. The fourth-order valence-electron chi connectivity index (χ4n) is 1.79. The summed E-state index contributed by atoms with van der Waals surface area (Å²) in [5.41, 5.74) is 0. The molecule has 0 heterocycles. The summed E-state index contributed by atoms with van der Waals surface area (Å²) < 4.78 is 0. The Morgan fingerprint density at radius 1 is 1.36 bits per heavy atom. The maximum Gasteiger partial charge on any atom is 0.223 e. The molecule has 1 N–H and O–H groups in total. The van der Waals surface area contributed by atoms with Crippen LogP contribution in [0.5, 0.6) is 0 Å².